The summed E-state index contributed by atoms with van der Waals surface area (Å²) in [4.78, 5) is 11.3. The molecular weight excluding hydrogens is 294 g/mol. The van der Waals surface area contributed by atoms with Crippen LogP contribution in [0, 0.1) is 0 Å². The summed E-state index contributed by atoms with van der Waals surface area (Å²) in [7, 11) is -2.20. The molecule has 0 aromatic heterocycles. The molecule has 1 aliphatic rings. The highest BCUT2D eigenvalue weighted by Gasteiger charge is 2.28. The quantitative estimate of drug-likeness (QED) is 0.766. The van der Waals surface area contributed by atoms with Gasteiger partial charge in [0, 0.05) is 6.04 Å². The topological polar surface area (TPSA) is 81.7 Å². The number of carbonyl (C=O) groups excluding carboxylic acids is 1. The van der Waals surface area contributed by atoms with Crippen molar-refractivity contribution in [2.45, 2.75) is 37.1 Å². The zero-order chi connectivity index (χ0) is 15.5. The number of methoxy groups -OCH3 is 1. The lowest BCUT2D eigenvalue weighted by molar-refractivity contribution is -0.142. The van der Waals surface area contributed by atoms with Crippen molar-refractivity contribution in [2.75, 3.05) is 13.7 Å². The Morgan fingerprint density at radius 2 is 2.10 bits per heavy atom. The minimum atomic E-state index is -3.48. The van der Waals surface area contributed by atoms with Crippen LogP contribution in [0.25, 0.3) is 0 Å². The molecule has 7 heteroatoms. The smallest absolute Gasteiger partial charge is 0.343 e. The van der Waals surface area contributed by atoms with Crippen LogP contribution in [0.1, 0.15) is 25.3 Å². The van der Waals surface area contributed by atoms with Crippen molar-refractivity contribution >= 4 is 16.0 Å². The van der Waals surface area contributed by atoms with Gasteiger partial charge in [0.1, 0.15) is 5.75 Å². The van der Waals surface area contributed by atoms with E-state index in [0.717, 1.165) is 18.4 Å². The number of hydrogen-bond donors (Lipinski definition) is 1. The average molecular weight is 313 g/mol. The van der Waals surface area contributed by atoms with E-state index in [-0.39, 0.29) is 17.5 Å². The zero-order valence-electron chi connectivity index (χ0n) is 12.1. The highest BCUT2D eigenvalue weighted by molar-refractivity contribution is 7.89. The van der Waals surface area contributed by atoms with Gasteiger partial charge in [0.2, 0.25) is 10.0 Å². The number of hydrogen-bond acceptors (Lipinski definition) is 5. The van der Waals surface area contributed by atoms with Crippen LogP contribution in [0.15, 0.2) is 23.1 Å². The summed E-state index contributed by atoms with van der Waals surface area (Å²) in [5.74, 6) is 0.0115. The number of benzene rings is 1. The van der Waals surface area contributed by atoms with Gasteiger partial charge in [0.05, 0.1) is 12.0 Å². The van der Waals surface area contributed by atoms with Crippen LogP contribution in [0.5, 0.6) is 5.75 Å². The van der Waals surface area contributed by atoms with Crippen molar-refractivity contribution in [3.8, 4) is 5.75 Å². The van der Waals surface area contributed by atoms with Gasteiger partial charge in [-0.05, 0) is 43.0 Å². The van der Waals surface area contributed by atoms with Crippen LogP contribution in [0.2, 0.25) is 0 Å². The fourth-order valence-corrected chi connectivity index (χ4v) is 3.18. The first-order chi connectivity index (χ1) is 9.96. The molecule has 2 rings (SSSR count). The molecule has 1 aliphatic carbocycles. The molecule has 0 aliphatic heterocycles. The molecule has 1 saturated carbocycles. The minimum absolute atomic E-state index is 0.0651. The summed E-state index contributed by atoms with van der Waals surface area (Å²) < 4.78 is 36.8. The summed E-state index contributed by atoms with van der Waals surface area (Å²) in [6.45, 7) is 1.70. The molecule has 1 aromatic carbocycles. The van der Waals surface area contributed by atoms with Crippen molar-refractivity contribution < 1.29 is 22.7 Å². The number of nitrogens with one attached hydrogen (secondary N) is 1. The summed E-state index contributed by atoms with van der Waals surface area (Å²) >= 11 is 0. The Kier molecular flexibility index (Phi) is 4.84. The van der Waals surface area contributed by atoms with Crippen molar-refractivity contribution in [1.29, 1.82) is 0 Å². The Morgan fingerprint density at radius 1 is 1.38 bits per heavy atom. The molecule has 0 bridgehead atoms. The van der Waals surface area contributed by atoms with E-state index in [9.17, 15) is 13.2 Å². The van der Waals surface area contributed by atoms with E-state index in [2.05, 4.69) is 9.46 Å². The predicted molar refractivity (Wildman–Crippen MR) is 76.7 cm³/mol. The fraction of sp³-hybridized carbons (Fsp3) is 0.500. The highest BCUT2D eigenvalue weighted by atomic mass is 32.2. The lowest BCUT2D eigenvalue weighted by Gasteiger charge is -2.12. The van der Waals surface area contributed by atoms with Crippen LogP contribution in [0.3, 0.4) is 0 Å². The number of rotatable bonds is 7. The molecular formula is C14H19NO5S. The SMILES string of the molecule is CCc1cc(S(=O)(=O)NC2CC2)ccc1OCC(=O)OC. The van der Waals surface area contributed by atoms with Crippen molar-refractivity contribution in [1.82, 2.24) is 4.72 Å². The molecule has 116 valence electrons. The number of ether oxygens (including phenoxy) is 2. The van der Waals surface area contributed by atoms with Crippen molar-refractivity contribution in [3.63, 3.8) is 0 Å². The van der Waals surface area contributed by atoms with Gasteiger partial charge in [-0.3, -0.25) is 0 Å². The molecule has 0 unspecified atom stereocenters. The molecule has 0 atom stereocenters. The molecule has 1 fully saturated rings. The molecule has 0 spiro atoms. The van der Waals surface area contributed by atoms with Gasteiger partial charge in [-0.1, -0.05) is 6.92 Å². The van der Waals surface area contributed by atoms with Gasteiger partial charge >= 0.3 is 5.97 Å². The van der Waals surface area contributed by atoms with E-state index in [1.807, 2.05) is 6.92 Å². The second-order valence-electron chi connectivity index (χ2n) is 4.88. The molecule has 21 heavy (non-hydrogen) atoms. The number of aryl methyl sites for hydroxylation is 1. The first-order valence-corrected chi connectivity index (χ1v) is 8.29. The maximum absolute atomic E-state index is 12.1. The molecule has 0 amide bonds. The Morgan fingerprint density at radius 3 is 2.67 bits per heavy atom. The number of sulfonamides is 1. The number of esters is 1. The molecule has 0 heterocycles. The standard InChI is InChI=1S/C14H19NO5S/c1-3-10-8-12(21(17,18)15-11-4-5-11)6-7-13(10)20-9-14(16)19-2/h6-8,11,15H,3-5,9H2,1-2H3. The largest absolute Gasteiger partial charge is 0.482 e. The molecule has 6 nitrogen and oxygen atoms in total. The van der Waals surface area contributed by atoms with Crippen molar-refractivity contribution in [3.05, 3.63) is 23.8 Å². The first kappa shape index (κ1) is 15.8. The summed E-state index contributed by atoms with van der Waals surface area (Å²) in [6, 6.07) is 4.70. The van der Waals surface area contributed by atoms with E-state index < -0.39 is 16.0 Å². The summed E-state index contributed by atoms with van der Waals surface area (Å²) in [5, 5.41) is 0. The van der Waals surface area contributed by atoms with Gasteiger partial charge in [0.15, 0.2) is 6.61 Å². The van der Waals surface area contributed by atoms with E-state index in [1.54, 1.807) is 12.1 Å². The minimum Gasteiger partial charge on any atom is -0.482 e. The lowest BCUT2D eigenvalue weighted by Crippen LogP contribution is -2.25. The summed E-state index contributed by atoms with van der Waals surface area (Å²) in [5.41, 5.74) is 0.734. The molecule has 1 N–H and O–H groups in total. The van der Waals surface area contributed by atoms with Crippen LogP contribution < -0.4 is 9.46 Å². The normalized spacial score (nSPS) is 14.8. The third-order valence-corrected chi connectivity index (χ3v) is 4.71. The highest BCUT2D eigenvalue weighted by Crippen LogP contribution is 2.26. The maximum Gasteiger partial charge on any atom is 0.343 e. The Labute approximate surface area is 124 Å². The monoisotopic (exact) mass is 313 g/mol. The lowest BCUT2D eigenvalue weighted by atomic mass is 10.1. The van der Waals surface area contributed by atoms with Gasteiger partial charge in [-0.25, -0.2) is 17.9 Å². The van der Waals surface area contributed by atoms with Crippen LogP contribution in [0.4, 0.5) is 0 Å². The third kappa shape index (κ3) is 4.18. The van der Waals surface area contributed by atoms with Crippen LogP contribution >= 0.6 is 0 Å². The van der Waals surface area contributed by atoms with Gasteiger partial charge in [-0.15, -0.1) is 0 Å². The summed E-state index contributed by atoms with van der Waals surface area (Å²) in [6.07, 6.45) is 2.38. The van der Waals surface area contributed by atoms with E-state index in [1.165, 1.54) is 13.2 Å². The molecule has 0 radical (unpaired) electrons. The van der Waals surface area contributed by atoms with Crippen LogP contribution in [-0.2, 0) is 26.0 Å². The Balaban J connectivity index is 2.17. The van der Waals surface area contributed by atoms with E-state index in [4.69, 9.17) is 4.74 Å². The Hall–Kier alpha value is -1.60. The predicted octanol–water partition coefficient (Wildman–Crippen LogP) is 1.24. The van der Waals surface area contributed by atoms with Gasteiger partial charge in [0.25, 0.3) is 0 Å². The molecule has 1 aromatic rings. The van der Waals surface area contributed by atoms with Gasteiger partial charge < -0.3 is 9.47 Å². The average Bonchev–Trinajstić information content (AvgIpc) is 3.27. The fourth-order valence-electron chi connectivity index (χ4n) is 1.82. The van der Waals surface area contributed by atoms with Gasteiger partial charge in [-0.2, -0.15) is 0 Å². The first-order valence-electron chi connectivity index (χ1n) is 6.81. The second-order valence-corrected chi connectivity index (χ2v) is 6.60. The third-order valence-electron chi connectivity index (χ3n) is 3.20. The number of carbonyl (C=O) groups is 1. The maximum atomic E-state index is 12.1. The van der Waals surface area contributed by atoms with Crippen molar-refractivity contribution in [2.24, 2.45) is 0 Å². The van der Waals surface area contributed by atoms with Crippen LogP contribution in [-0.4, -0.2) is 34.1 Å². The second kappa shape index (κ2) is 6.44. The zero-order valence-corrected chi connectivity index (χ0v) is 12.9. The molecule has 0 saturated heterocycles. The Bertz CT molecular complexity index is 622. The van der Waals surface area contributed by atoms with E-state index >= 15 is 0 Å². The van der Waals surface area contributed by atoms with E-state index in [0.29, 0.717) is 12.2 Å².